The number of fused-ring (bicyclic) bond motifs is 1. The second kappa shape index (κ2) is 11.6. The Bertz CT molecular complexity index is 1770. The Hall–Kier alpha value is -4.44. The monoisotopic (exact) mass is 601 g/mol. The van der Waals surface area contributed by atoms with Gasteiger partial charge in [0, 0.05) is 55.1 Å². The lowest BCUT2D eigenvalue weighted by atomic mass is 9.90. The van der Waals surface area contributed by atoms with E-state index in [1.165, 1.54) is 24.3 Å². The van der Waals surface area contributed by atoms with Gasteiger partial charge >= 0.3 is 0 Å². The molecule has 0 amide bonds. The van der Waals surface area contributed by atoms with Crippen LogP contribution >= 0.6 is 0 Å². The summed E-state index contributed by atoms with van der Waals surface area (Å²) < 4.78 is 63.9. The maximum absolute atomic E-state index is 15.9. The summed E-state index contributed by atoms with van der Waals surface area (Å²) in [5.41, 5.74) is 5.70. The van der Waals surface area contributed by atoms with Crippen molar-refractivity contribution in [3.8, 4) is 0 Å². The van der Waals surface area contributed by atoms with Crippen LogP contribution in [0.5, 0.6) is 0 Å². The molecular formula is C34H31F4N5O. The molecule has 2 fully saturated rings. The zero-order chi connectivity index (χ0) is 30.4. The van der Waals surface area contributed by atoms with Crippen molar-refractivity contribution in [1.82, 2.24) is 15.0 Å². The van der Waals surface area contributed by atoms with Crippen molar-refractivity contribution in [2.75, 3.05) is 43.0 Å². The molecular weight excluding hydrogens is 570 g/mol. The molecule has 2 aromatic carbocycles. The molecule has 0 unspecified atom stereocenters. The second-order valence-corrected chi connectivity index (χ2v) is 11.6. The summed E-state index contributed by atoms with van der Waals surface area (Å²) in [5, 5.41) is 4.28. The molecule has 2 aliphatic carbocycles. The van der Waals surface area contributed by atoms with Gasteiger partial charge in [-0.2, -0.15) is 4.98 Å². The zero-order valence-corrected chi connectivity index (χ0v) is 24.3. The number of piperazine rings is 1. The van der Waals surface area contributed by atoms with Crippen LogP contribution in [0.2, 0.25) is 0 Å². The number of hydrogen-bond donors (Lipinski definition) is 0. The van der Waals surface area contributed by atoms with E-state index in [9.17, 15) is 13.2 Å². The van der Waals surface area contributed by atoms with Crippen LogP contribution in [0.1, 0.15) is 42.1 Å². The average molecular weight is 602 g/mol. The van der Waals surface area contributed by atoms with E-state index >= 15 is 4.39 Å². The summed E-state index contributed by atoms with van der Waals surface area (Å²) in [6, 6.07) is 6.93. The van der Waals surface area contributed by atoms with E-state index < -0.39 is 11.6 Å². The van der Waals surface area contributed by atoms with Crippen LogP contribution < -0.4 is 9.80 Å². The molecule has 0 radical (unpaired) electrons. The van der Waals surface area contributed by atoms with Crippen molar-refractivity contribution in [3.05, 3.63) is 118 Å². The minimum absolute atomic E-state index is 0.0833. The quantitative estimate of drug-likeness (QED) is 0.280. The van der Waals surface area contributed by atoms with Crippen LogP contribution in [0.3, 0.4) is 0 Å². The van der Waals surface area contributed by atoms with Gasteiger partial charge in [0.2, 0.25) is 11.7 Å². The van der Waals surface area contributed by atoms with Gasteiger partial charge in [-0.3, -0.25) is 0 Å². The molecule has 1 aromatic heterocycles. The molecule has 226 valence electrons. The van der Waals surface area contributed by atoms with Gasteiger partial charge in [-0.25, -0.2) is 17.6 Å². The highest BCUT2D eigenvalue weighted by Crippen LogP contribution is 2.50. The minimum atomic E-state index is -0.660. The number of benzene rings is 2. The van der Waals surface area contributed by atoms with Crippen LogP contribution in [0.25, 0.3) is 11.1 Å². The van der Waals surface area contributed by atoms with Crippen LogP contribution in [0.15, 0.2) is 82.3 Å². The van der Waals surface area contributed by atoms with E-state index in [4.69, 9.17) is 4.52 Å². The lowest BCUT2D eigenvalue weighted by molar-refractivity contribution is 0.311. The molecule has 10 heteroatoms. The summed E-state index contributed by atoms with van der Waals surface area (Å²) in [5.74, 6) is -1.25. The van der Waals surface area contributed by atoms with Gasteiger partial charge in [-0.05, 0) is 67.8 Å². The maximum atomic E-state index is 15.9. The van der Waals surface area contributed by atoms with Gasteiger partial charge in [-0.15, -0.1) is 0 Å². The molecule has 4 aliphatic rings. The highest BCUT2D eigenvalue weighted by Gasteiger charge is 2.34. The lowest BCUT2D eigenvalue weighted by Crippen LogP contribution is -2.44. The largest absolute Gasteiger partial charge is 0.367 e. The van der Waals surface area contributed by atoms with Gasteiger partial charge in [-0.1, -0.05) is 28.9 Å². The Kier molecular flexibility index (Phi) is 7.45. The molecule has 6 nitrogen and oxygen atoms in total. The molecule has 0 bridgehead atoms. The molecule has 1 saturated carbocycles. The predicted octanol–water partition coefficient (Wildman–Crippen LogP) is 7.13. The van der Waals surface area contributed by atoms with Crippen LogP contribution in [0, 0.1) is 17.5 Å². The number of aromatic nitrogens is 2. The summed E-state index contributed by atoms with van der Waals surface area (Å²) in [4.78, 5) is 10.8. The summed E-state index contributed by atoms with van der Waals surface area (Å²) >= 11 is 0. The number of hydrogen-bond acceptors (Lipinski definition) is 6. The molecule has 44 heavy (non-hydrogen) atoms. The van der Waals surface area contributed by atoms with E-state index in [1.54, 1.807) is 12.1 Å². The first kappa shape index (κ1) is 28.3. The first-order chi connectivity index (χ1) is 21.3. The van der Waals surface area contributed by atoms with Gasteiger partial charge in [0.15, 0.2) is 0 Å². The van der Waals surface area contributed by atoms with Gasteiger partial charge < -0.3 is 19.2 Å². The fraction of sp³-hybridized carbons (Fsp3) is 0.294. The Morgan fingerprint density at radius 2 is 1.70 bits per heavy atom. The Balaban J connectivity index is 1.30. The van der Waals surface area contributed by atoms with Gasteiger partial charge in [0.25, 0.3) is 0 Å². The number of halogens is 4. The molecule has 7 rings (SSSR count). The SMILES string of the molecule is CN1CCN(c2cc3c(cc2F)C(=C2CC2)C(c2noc(CC4=CCC=C(F)C=C4)n2)=CN3Cc2ccc(F)cc2F)CC1. The summed E-state index contributed by atoms with van der Waals surface area (Å²) in [6.45, 7) is 3.10. The first-order valence-corrected chi connectivity index (χ1v) is 14.8. The molecule has 3 heterocycles. The Morgan fingerprint density at radius 1 is 0.886 bits per heavy atom. The first-order valence-electron chi connectivity index (χ1n) is 14.8. The van der Waals surface area contributed by atoms with E-state index in [2.05, 4.69) is 15.0 Å². The highest BCUT2D eigenvalue weighted by atomic mass is 19.1. The second-order valence-electron chi connectivity index (χ2n) is 11.6. The van der Waals surface area contributed by atoms with Crippen molar-refractivity contribution >= 4 is 22.5 Å². The third kappa shape index (κ3) is 5.74. The van der Waals surface area contributed by atoms with E-state index in [0.717, 1.165) is 54.4 Å². The van der Waals surface area contributed by atoms with E-state index in [-0.39, 0.29) is 18.2 Å². The fourth-order valence-corrected chi connectivity index (χ4v) is 5.93. The third-order valence-electron chi connectivity index (χ3n) is 8.47. The molecule has 0 atom stereocenters. The number of allylic oxidation sites excluding steroid dienone is 9. The van der Waals surface area contributed by atoms with E-state index in [1.807, 2.05) is 35.2 Å². The Morgan fingerprint density at radius 3 is 2.48 bits per heavy atom. The normalized spacial score (nSPS) is 18.6. The number of nitrogens with zero attached hydrogens (tertiary/aromatic N) is 5. The third-order valence-corrected chi connectivity index (χ3v) is 8.47. The fourth-order valence-electron chi connectivity index (χ4n) is 5.93. The summed E-state index contributed by atoms with van der Waals surface area (Å²) in [6.07, 6.45) is 10.9. The predicted molar refractivity (Wildman–Crippen MR) is 162 cm³/mol. The molecule has 3 aromatic rings. The smallest absolute Gasteiger partial charge is 0.231 e. The highest BCUT2D eigenvalue weighted by molar-refractivity contribution is 6.11. The molecule has 0 N–H and O–H groups in total. The molecule has 0 spiro atoms. The molecule has 2 aliphatic heterocycles. The van der Waals surface area contributed by atoms with Crippen LogP contribution in [-0.4, -0.2) is 48.3 Å². The van der Waals surface area contributed by atoms with Crippen molar-refractivity contribution in [2.24, 2.45) is 0 Å². The van der Waals surface area contributed by atoms with Crippen molar-refractivity contribution < 1.29 is 22.1 Å². The number of likely N-dealkylation sites (N-methyl/N-ethyl adjacent to an activating group) is 1. The minimum Gasteiger partial charge on any atom is -0.367 e. The maximum Gasteiger partial charge on any atom is 0.231 e. The standard InChI is InChI=1S/C34H31F4N5O/c1-41-11-13-42(14-12-41)31-18-30-26(17-29(31)38)33(22-6-7-22)27(20-43(30)19-23-8-10-25(36)16-28(23)37)34-39-32(44-40-34)15-21-3-2-4-24(35)9-5-21/h3-5,8-10,16-18,20H,2,6-7,11-15,19H2,1H3. The van der Waals surface area contributed by atoms with Crippen LogP contribution in [-0.2, 0) is 13.0 Å². The molecule has 1 saturated heterocycles. The Labute approximate surface area is 252 Å². The van der Waals surface area contributed by atoms with Gasteiger partial charge in [0.05, 0.1) is 24.3 Å². The van der Waals surface area contributed by atoms with Crippen molar-refractivity contribution in [2.45, 2.75) is 32.2 Å². The number of rotatable bonds is 6. The van der Waals surface area contributed by atoms with Gasteiger partial charge in [0.1, 0.15) is 23.3 Å². The van der Waals surface area contributed by atoms with Crippen molar-refractivity contribution in [1.29, 1.82) is 0 Å². The average Bonchev–Trinajstić information content (AvgIpc) is 3.77. The van der Waals surface area contributed by atoms with Crippen LogP contribution in [0.4, 0.5) is 28.9 Å². The lowest BCUT2D eigenvalue weighted by Gasteiger charge is -2.36. The van der Waals surface area contributed by atoms with E-state index in [0.29, 0.717) is 60.0 Å². The topological polar surface area (TPSA) is 48.6 Å². The summed E-state index contributed by atoms with van der Waals surface area (Å²) in [7, 11) is 2.05. The number of anilines is 2. The van der Waals surface area contributed by atoms with Crippen molar-refractivity contribution in [3.63, 3.8) is 0 Å². The zero-order valence-electron chi connectivity index (χ0n) is 24.3.